The van der Waals surface area contributed by atoms with Gasteiger partial charge in [-0.3, -0.25) is 0 Å². The van der Waals surface area contributed by atoms with E-state index in [9.17, 15) is 15.3 Å². The molecule has 0 amide bonds. The van der Waals surface area contributed by atoms with Crippen molar-refractivity contribution in [3.05, 3.63) is 47.6 Å². The van der Waals surface area contributed by atoms with Gasteiger partial charge in [-0.05, 0) is 91.6 Å². The van der Waals surface area contributed by atoms with Gasteiger partial charge in [0.1, 0.15) is 0 Å². The molecule has 3 N–H and O–H groups in total. The number of aliphatic hydroxyl groups is 3. The minimum absolute atomic E-state index is 0.250. The predicted octanol–water partition coefficient (Wildman–Crippen LogP) is 5.09. The molecule has 4 aliphatic rings. The number of allylic oxidation sites excluding steroid dienone is 4. The second-order valence-corrected chi connectivity index (χ2v) is 10.7. The van der Waals surface area contributed by atoms with E-state index < -0.39 is 12.2 Å². The molecular weight excluding hydrogens is 372 g/mol. The first-order valence-electron chi connectivity index (χ1n) is 12.1. The highest BCUT2D eigenvalue weighted by atomic mass is 16.3. The highest BCUT2D eigenvalue weighted by molar-refractivity contribution is 5.38. The number of rotatable bonds is 5. The summed E-state index contributed by atoms with van der Waals surface area (Å²) in [6.07, 6.45) is 16.9. The van der Waals surface area contributed by atoms with Crippen LogP contribution in [0.3, 0.4) is 0 Å². The van der Waals surface area contributed by atoms with Crippen LogP contribution in [0.15, 0.2) is 47.6 Å². The lowest BCUT2D eigenvalue weighted by Gasteiger charge is -2.44. The molecule has 7 atom stereocenters. The fourth-order valence-corrected chi connectivity index (χ4v) is 6.63. The smallest absolute Gasteiger partial charge is 0.0811 e. The zero-order chi connectivity index (χ0) is 21.5. The van der Waals surface area contributed by atoms with Gasteiger partial charge in [0, 0.05) is 6.42 Å². The van der Waals surface area contributed by atoms with Crippen molar-refractivity contribution < 1.29 is 15.3 Å². The topological polar surface area (TPSA) is 60.7 Å². The number of hydrogen-bond donors (Lipinski definition) is 3. The molecule has 0 aromatic carbocycles. The Morgan fingerprint density at radius 2 is 1.87 bits per heavy atom. The van der Waals surface area contributed by atoms with E-state index in [-0.39, 0.29) is 6.10 Å². The van der Waals surface area contributed by atoms with Gasteiger partial charge in [0.15, 0.2) is 0 Å². The maximum absolute atomic E-state index is 10.2. The summed E-state index contributed by atoms with van der Waals surface area (Å²) in [6.45, 7) is 8.88. The summed E-state index contributed by atoms with van der Waals surface area (Å²) < 4.78 is 0. The Kier molecular flexibility index (Phi) is 6.44. The standard InChI is InChI=1S/C27H40O3/c1-17(6-13-25(29)20-8-9-20)23-11-12-24-19(5-4-14-27(23,24)3)7-10-21-15-22(28)16-26(30)18(21)2/h6-7,10,13,17,20,22-26,28-30H,2,4-5,8-9,11-12,14-16H2,1,3H3/b13-6+,19-7+,21-10-/t17-,22+,23-,24+,25-,26-,27-/m1/s1. The summed E-state index contributed by atoms with van der Waals surface area (Å²) in [4.78, 5) is 0. The van der Waals surface area contributed by atoms with E-state index in [1.165, 1.54) is 44.1 Å². The molecule has 4 fully saturated rings. The number of fused-ring (bicyclic) bond motifs is 1. The molecule has 3 nitrogen and oxygen atoms in total. The van der Waals surface area contributed by atoms with Crippen LogP contribution in [0.4, 0.5) is 0 Å². The van der Waals surface area contributed by atoms with Crippen molar-refractivity contribution in [2.24, 2.45) is 29.1 Å². The van der Waals surface area contributed by atoms with E-state index in [2.05, 4.69) is 44.7 Å². The lowest BCUT2D eigenvalue weighted by Crippen LogP contribution is -2.35. The second-order valence-electron chi connectivity index (χ2n) is 10.7. The molecule has 4 rings (SSSR count). The molecule has 166 valence electrons. The third-order valence-electron chi connectivity index (χ3n) is 8.65. The maximum Gasteiger partial charge on any atom is 0.0811 e. The predicted molar refractivity (Wildman–Crippen MR) is 122 cm³/mol. The van der Waals surface area contributed by atoms with Crippen molar-refractivity contribution in [2.45, 2.75) is 89.9 Å². The van der Waals surface area contributed by atoms with Crippen LogP contribution in [0.5, 0.6) is 0 Å². The van der Waals surface area contributed by atoms with Crippen LogP contribution in [-0.4, -0.2) is 33.6 Å². The Morgan fingerprint density at radius 3 is 2.60 bits per heavy atom. The second kappa shape index (κ2) is 8.76. The van der Waals surface area contributed by atoms with E-state index in [0.717, 1.165) is 17.6 Å². The van der Waals surface area contributed by atoms with Crippen LogP contribution in [0.2, 0.25) is 0 Å². The summed E-state index contributed by atoms with van der Waals surface area (Å²) in [5, 5.41) is 30.4. The molecule has 30 heavy (non-hydrogen) atoms. The number of hydrogen-bond acceptors (Lipinski definition) is 3. The zero-order valence-corrected chi connectivity index (χ0v) is 18.8. The van der Waals surface area contributed by atoms with Crippen molar-refractivity contribution in [1.29, 1.82) is 0 Å². The van der Waals surface area contributed by atoms with Gasteiger partial charge in [-0.25, -0.2) is 0 Å². The van der Waals surface area contributed by atoms with Crippen LogP contribution in [0.1, 0.15) is 71.6 Å². The fourth-order valence-electron chi connectivity index (χ4n) is 6.63. The van der Waals surface area contributed by atoms with Crippen LogP contribution in [0, 0.1) is 29.1 Å². The van der Waals surface area contributed by atoms with Crippen LogP contribution < -0.4 is 0 Å². The zero-order valence-electron chi connectivity index (χ0n) is 18.8. The summed E-state index contributed by atoms with van der Waals surface area (Å²) in [5.74, 6) is 2.28. The van der Waals surface area contributed by atoms with Crippen molar-refractivity contribution >= 4 is 0 Å². The largest absolute Gasteiger partial charge is 0.393 e. The minimum atomic E-state index is -0.621. The van der Waals surface area contributed by atoms with Crippen molar-refractivity contribution in [2.75, 3.05) is 0 Å². The molecule has 0 aromatic heterocycles. The van der Waals surface area contributed by atoms with Gasteiger partial charge in [0.05, 0.1) is 18.3 Å². The quantitative estimate of drug-likeness (QED) is 0.551. The Morgan fingerprint density at radius 1 is 1.10 bits per heavy atom. The lowest BCUT2D eigenvalue weighted by atomic mass is 9.61. The Bertz CT molecular complexity index is 743. The summed E-state index contributed by atoms with van der Waals surface area (Å²) in [5.41, 5.74) is 3.63. The normalized spacial score (nSPS) is 42.1. The fraction of sp³-hybridized carbons (Fsp3) is 0.704. The molecule has 0 aliphatic heterocycles. The summed E-state index contributed by atoms with van der Waals surface area (Å²) in [6, 6.07) is 0. The minimum Gasteiger partial charge on any atom is -0.393 e. The molecule has 0 unspecified atom stereocenters. The highest BCUT2D eigenvalue weighted by Crippen LogP contribution is 2.59. The lowest BCUT2D eigenvalue weighted by molar-refractivity contribution is 0.0862. The van der Waals surface area contributed by atoms with E-state index in [0.29, 0.717) is 41.9 Å². The Balaban J connectivity index is 1.48. The monoisotopic (exact) mass is 412 g/mol. The van der Waals surface area contributed by atoms with Crippen molar-refractivity contribution in [3.8, 4) is 0 Å². The summed E-state index contributed by atoms with van der Waals surface area (Å²) >= 11 is 0. The SMILES string of the molecule is C=C1/C(=C\C=C2/CCC[C@]3(C)[C@@H]([C@H](C)/C=C/[C@@H](O)C4CC4)CC[C@@H]23)C[C@H](O)C[C@H]1O. The molecule has 0 aromatic rings. The van der Waals surface area contributed by atoms with Gasteiger partial charge in [-0.2, -0.15) is 0 Å². The highest BCUT2D eigenvalue weighted by Gasteiger charge is 2.50. The molecule has 3 heteroatoms. The van der Waals surface area contributed by atoms with Gasteiger partial charge >= 0.3 is 0 Å². The third kappa shape index (κ3) is 4.40. The first-order chi connectivity index (χ1) is 14.3. The van der Waals surface area contributed by atoms with E-state index in [1.54, 1.807) is 0 Å². The van der Waals surface area contributed by atoms with Crippen LogP contribution >= 0.6 is 0 Å². The van der Waals surface area contributed by atoms with Gasteiger partial charge in [0.2, 0.25) is 0 Å². The maximum atomic E-state index is 10.2. The number of aliphatic hydroxyl groups excluding tert-OH is 3. The first-order valence-corrected chi connectivity index (χ1v) is 12.1. The molecule has 0 spiro atoms. The van der Waals surface area contributed by atoms with Crippen LogP contribution in [-0.2, 0) is 0 Å². The molecular formula is C27H40O3. The molecule has 4 aliphatic carbocycles. The average molecular weight is 413 g/mol. The molecule has 0 heterocycles. The molecule has 0 radical (unpaired) electrons. The molecule has 0 saturated heterocycles. The van der Waals surface area contributed by atoms with Gasteiger partial charge in [0.25, 0.3) is 0 Å². The van der Waals surface area contributed by atoms with Gasteiger partial charge in [-0.15, -0.1) is 0 Å². The average Bonchev–Trinajstić information content (AvgIpc) is 3.49. The Labute approximate surface area is 182 Å². The molecule has 0 bridgehead atoms. The van der Waals surface area contributed by atoms with E-state index in [4.69, 9.17) is 0 Å². The van der Waals surface area contributed by atoms with E-state index >= 15 is 0 Å². The van der Waals surface area contributed by atoms with E-state index in [1.807, 2.05) is 0 Å². The third-order valence-corrected chi connectivity index (χ3v) is 8.65. The van der Waals surface area contributed by atoms with Gasteiger partial charge in [-0.1, -0.05) is 50.3 Å². The summed E-state index contributed by atoms with van der Waals surface area (Å²) in [7, 11) is 0. The molecule has 4 saturated carbocycles. The van der Waals surface area contributed by atoms with Crippen LogP contribution in [0.25, 0.3) is 0 Å². The van der Waals surface area contributed by atoms with Crippen molar-refractivity contribution in [1.82, 2.24) is 0 Å². The Hall–Kier alpha value is -1.16. The van der Waals surface area contributed by atoms with Crippen molar-refractivity contribution in [3.63, 3.8) is 0 Å². The van der Waals surface area contributed by atoms with Gasteiger partial charge < -0.3 is 15.3 Å². The first kappa shape index (κ1) is 22.0.